The summed E-state index contributed by atoms with van der Waals surface area (Å²) in [7, 11) is -3.11. The fourth-order valence-corrected chi connectivity index (χ4v) is 2.80. The molecule has 118 valence electrons. The first-order valence-electron chi connectivity index (χ1n) is 6.91. The lowest BCUT2D eigenvalue weighted by atomic mass is 9.98. The first-order valence-corrected chi connectivity index (χ1v) is 8.97. The maximum atomic E-state index is 12.0. The van der Waals surface area contributed by atoms with Crippen LogP contribution in [-0.2, 0) is 14.6 Å². The highest BCUT2D eigenvalue weighted by Gasteiger charge is 2.19. The van der Waals surface area contributed by atoms with Crippen molar-refractivity contribution in [2.45, 2.75) is 39.3 Å². The smallest absolute Gasteiger partial charge is 0.237 e. The first kappa shape index (κ1) is 17.7. The summed E-state index contributed by atoms with van der Waals surface area (Å²) in [6, 6.07) is 4.96. The lowest BCUT2D eigenvalue weighted by molar-refractivity contribution is -0.123. The molecular formula is C15H24N2O3S. The summed E-state index contributed by atoms with van der Waals surface area (Å²) in [5.41, 5.74) is 9.08. The number of amides is 1. The summed E-state index contributed by atoms with van der Waals surface area (Å²) in [6.07, 6.45) is 1.26. The van der Waals surface area contributed by atoms with E-state index in [-0.39, 0.29) is 24.1 Å². The van der Waals surface area contributed by atoms with Gasteiger partial charge in [-0.05, 0) is 43.9 Å². The predicted molar refractivity (Wildman–Crippen MR) is 84.8 cm³/mol. The number of rotatable bonds is 6. The second-order valence-electron chi connectivity index (χ2n) is 5.54. The van der Waals surface area contributed by atoms with Crippen molar-refractivity contribution in [3.8, 4) is 0 Å². The zero-order valence-electron chi connectivity index (χ0n) is 13.0. The number of nitrogens with two attached hydrogens (primary N) is 1. The number of sulfone groups is 1. The standard InChI is InChI=1S/C15H24N2O3S/c1-10-6-5-7-13(11(10)2)12(3)17-15(18)14(16)8-9-21(4,19)20/h5-7,12,14H,8-9,16H2,1-4H3,(H,17,18). The topological polar surface area (TPSA) is 89.3 Å². The van der Waals surface area contributed by atoms with Gasteiger partial charge < -0.3 is 11.1 Å². The van der Waals surface area contributed by atoms with Crippen LogP contribution in [0.3, 0.4) is 0 Å². The molecule has 0 spiro atoms. The molecule has 0 heterocycles. The van der Waals surface area contributed by atoms with E-state index in [1.165, 1.54) is 0 Å². The molecule has 1 rings (SSSR count). The van der Waals surface area contributed by atoms with Crippen molar-refractivity contribution >= 4 is 15.7 Å². The number of benzene rings is 1. The molecule has 2 atom stereocenters. The molecule has 1 aromatic carbocycles. The Kier molecular flexibility index (Phi) is 5.92. The lowest BCUT2D eigenvalue weighted by Crippen LogP contribution is -2.42. The monoisotopic (exact) mass is 312 g/mol. The Balaban J connectivity index is 2.67. The molecule has 0 fully saturated rings. The molecule has 21 heavy (non-hydrogen) atoms. The van der Waals surface area contributed by atoms with Crippen molar-refractivity contribution in [1.29, 1.82) is 0 Å². The molecule has 0 aromatic heterocycles. The second-order valence-corrected chi connectivity index (χ2v) is 7.80. The number of carbonyl (C=O) groups is 1. The van der Waals surface area contributed by atoms with Crippen molar-refractivity contribution in [1.82, 2.24) is 5.32 Å². The van der Waals surface area contributed by atoms with Crippen LogP contribution in [0.2, 0.25) is 0 Å². The van der Waals surface area contributed by atoms with E-state index in [0.29, 0.717) is 0 Å². The van der Waals surface area contributed by atoms with E-state index in [1.807, 2.05) is 39.0 Å². The molecule has 0 radical (unpaired) electrons. The van der Waals surface area contributed by atoms with Crippen LogP contribution >= 0.6 is 0 Å². The zero-order chi connectivity index (χ0) is 16.2. The molecule has 0 aliphatic carbocycles. The van der Waals surface area contributed by atoms with E-state index in [2.05, 4.69) is 5.32 Å². The summed E-state index contributed by atoms with van der Waals surface area (Å²) in [5, 5.41) is 2.84. The molecule has 6 heteroatoms. The van der Waals surface area contributed by atoms with E-state index >= 15 is 0 Å². The summed E-state index contributed by atoms with van der Waals surface area (Å²) in [6.45, 7) is 5.92. The highest BCUT2D eigenvalue weighted by molar-refractivity contribution is 7.90. The van der Waals surface area contributed by atoms with Gasteiger partial charge in [0.15, 0.2) is 0 Å². The van der Waals surface area contributed by atoms with Crippen molar-refractivity contribution in [2.24, 2.45) is 5.73 Å². The minimum absolute atomic E-state index is 0.0839. The van der Waals surface area contributed by atoms with Gasteiger partial charge in [0.2, 0.25) is 5.91 Å². The normalized spacial score (nSPS) is 14.5. The average molecular weight is 312 g/mol. The summed E-state index contributed by atoms with van der Waals surface area (Å²) >= 11 is 0. The maximum Gasteiger partial charge on any atom is 0.237 e. The third-order valence-corrected chi connectivity index (χ3v) is 4.59. The Bertz CT molecular complexity index is 611. The van der Waals surface area contributed by atoms with Gasteiger partial charge in [0.05, 0.1) is 17.8 Å². The second kappa shape index (κ2) is 7.04. The number of hydrogen-bond acceptors (Lipinski definition) is 4. The van der Waals surface area contributed by atoms with Gasteiger partial charge in [-0.25, -0.2) is 8.42 Å². The summed E-state index contributed by atoms with van der Waals surface area (Å²) < 4.78 is 22.2. The quantitative estimate of drug-likeness (QED) is 0.827. The third kappa shape index (κ3) is 5.47. The van der Waals surface area contributed by atoms with Gasteiger partial charge in [-0.1, -0.05) is 18.2 Å². The van der Waals surface area contributed by atoms with Gasteiger partial charge in [-0.2, -0.15) is 0 Å². The van der Waals surface area contributed by atoms with Crippen LogP contribution in [0, 0.1) is 13.8 Å². The SMILES string of the molecule is Cc1cccc(C(C)NC(=O)C(N)CCS(C)(=O)=O)c1C. The minimum atomic E-state index is -3.11. The Morgan fingerprint density at radius 2 is 1.95 bits per heavy atom. The van der Waals surface area contributed by atoms with E-state index < -0.39 is 15.9 Å². The Labute approximate surface area is 126 Å². The van der Waals surface area contributed by atoms with Gasteiger partial charge in [0.25, 0.3) is 0 Å². The van der Waals surface area contributed by atoms with Crippen molar-refractivity contribution in [3.63, 3.8) is 0 Å². The van der Waals surface area contributed by atoms with Crippen molar-refractivity contribution in [2.75, 3.05) is 12.0 Å². The van der Waals surface area contributed by atoms with Crippen LogP contribution in [0.15, 0.2) is 18.2 Å². The highest BCUT2D eigenvalue weighted by Crippen LogP contribution is 2.20. The molecule has 2 unspecified atom stereocenters. The average Bonchev–Trinajstić information content (AvgIpc) is 2.38. The molecule has 0 aliphatic heterocycles. The van der Waals surface area contributed by atoms with Crippen molar-refractivity contribution < 1.29 is 13.2 Å². The molecule has 1 amide bonds. The van der Waals surface area contributed by atoms with Crippen LogP contribution < -0.4 is 11.1 Å². The lowest BCUT2D eigenvalue weighted by Gasteiger charge is -2.20. The van der Waals surface area contributed by atoms with Crippen LogP contribution in [0.5, 0.6) is 0 Å². The molecule has 1 aromatic rings. The van der Waals surface area contributed by atoms with Crippen LogP contribution in [0.25, 0.3) is 0 Å². The molecule has 0 saturated carbocycles. The molecule has 5 nitrogen and oxygen atoms in total. The first-order chi connectivity index (χ1) is 9.61. The van der Waals surface area contributed by atoms with Gasteiger partial charge >= 0.3 is 0 Å². The third-order valence-electron chi connectivity index (χ3n) is 3.61. The van der Waals surface area contributed by atoms with Gasteiger partial charge in [0, 0.05) is 6.26 Å². The number of aryl methyl sites for hydroxylation is 1. The van der Waals surface area contributed by atoms with E-state index in [1.54, 1.807) is 0 Å². The molecule has 3 N–H and O–H groups in total. The molecular weight excluding hydrogens is 288 g/mol. The van der Waals surface area contributed by atoms with Crippen LogP contribution in [0.1, 0.15) is 36.1 Å². The Morgan fingerprint density at radius 3 is 2.52 bits per heavy atom. The zero-order valence-corrected chi connectivity index (χ0v) is 13.8. The van der Waals surface area contributed by atoms with Crippen LogP contribution in [0.4, 0.5) is 0 Å². The maximum absolute atomic E-state index is 12.0. The largest absolute Gasteiger partial charge is 0.348 e. The number of nitrogens with one attached hydrogen (secondary N) is 1. The van der Waals surface area contributed by atoms with E-state index in [9.17, 15) is 13.2 Å². The molecule has 0 bridgehead atoms. The minimum Gasteiger partial charge on any atom is -0.348 e. The van der Waals surface area contributed by atoms with Gasteiger partial charge in [0.1, 0.15) is 9.84 Å². The van der Waals surface area contributed by atoms with E-state index in [0.717, 1.165) is 22.9 Å². The fourth-order valence-electron chi connectivity index (χ4n) is 2.11. The number of hydrogen-bond donors (Lipinski definition) is 2. The Hall–Kier alpha value is -1.40. The Morgan fingerprint density at radius 1 is 1.33 bits per heavy atom. The predicted octanol–water partition coefficient (Wildman–Crippen LogP) is 1.24. The molecule has 0 aliphatic rings. The summed E-state index contributed by atoms with van der Waals surface area (Å²) in [4.78, 5) is 12.0. The highest BCUT2D eigenvalue weighted by atomic mass is 32.2. The van der Waals surface area contributed by atoms with E-state index in [4.69, 9.17) is 5.73 Å². The van der Waals surface area contributed by atoms with Gasteiger partial charge in [-0.3, -0.25) is 4.79 Å². The molecule has 0 saturated heterocycles. The van der Waals surface area contributed by atoms with Crippen molar-refractivity contribution in [3.05, 3.63) is 34.9 Å². The van der Waals surface area contributed by atoms with Crippen LogP contribution in [-0.4, -0.2) is 32.4 Å². The van der Waals surface area contributed by atoms with Gasteiger partial charge in [-0.15, -0.1) is 0 Å². The number of carbonyl (C=O) groups excluding carboxylic acids is 1. The fraction of sp³-hybridized carbons (Fsp3) is 0.533. The summed E-state index contributed by atoms with van der Waals surface area (Å²) in [5.74, 6) is -0.411.